The molecule has 0 spiro atoms. The van der Waals surface area contributed by atoms with Crippen molar-refractivity contribution in [3.8, 4) is 28.5 Å². The summed E-state index contributed by atoms with van der Waals surface area (Å²) in [6.45, 7) is 0. The highest BCUT2D eigenvalue weighted by atomic mass is 32.1. The second kappa shape index (κ2) is 5.76. The van der Waals surface area contributed by atoms with E-state index in [9.17, 15) is 10.1 Å². The number of fused-ring (bicyclic) bond motifs is 1. The number of hydrogen-bond donors (Lipinski definition) is 0. The van der Waals surface area contributed by atoms with Gasteiger partial charge in [0.1, 0.15) is 22.9 Å². The van der Waals surface area contributed by atoms with E-state index in [1.54, 1.807) is 18.3 Å². The number of benzene rings is 1. The first kappa shape index (κ1) is 14.4. The second-order valence-electron chi connectivity index (χ2n) is 5.31. The lowest BCUT2D eigenvalue weighted by atomic mass is 10.0. The Balaban J connectivity index is 1.85. The van der Waals surface area contributed by atoms with Crippen molar-refractivity contribution in [2.24, 2.45) is 0 Å². The van der Waals surface area contributed by atoms with E-state index in [0.717, 1.165) is 34.3 Å². The number of carbonyl (C=O) groups is 1. The van der Waals surface area contributed by atoms with Crippen molar-refractivity contribution >= 4 is 23.3 Å². The normalized spacial score (nSPS) is 10.6. The first-order valence-electron chi connectivity index (χ1n) is 7.31. The zero-order chi connectivity index (χ0) is 16.5. The van der Waals surface area contributed by atoms with Crippen LogP contribution in [0.15, 0.2) is 60.2 Å². The van der Waals surface area contributed by atoms with Gasteiger partial charge in [-0.3, -0.25) is 9.20 Å². The predicted molar refractivity (Wildman–Crippen MR) is 94.0 cm³/mol. The van der Waals surface area contributed by atoms with E-state index >= 15 is 0 Å². The number of rotatable bonds is 3. The van der Waals surface area contributed by atoms with E-state index in [2.05, 4.69) is 17.1 Å². The van der Waals surface area contributed by atoms with Crippen LogP contribution in [0, 0.1) is 11.3 Å². The Labute approximate surface area is 142 Å². The molecule has 1 aromatic carbocycles. The number of hydrogen-bond acceptors (Lipinski definition) is 4. The number of nitriles is 1. The summed E-state index contributed by atoms with van der Waals surface area (Å²) in [6.07, 6.45) is 4.45. The Morgan fingerprint density at radius 2 is 2.04 bits per heavy atom. The Morgan fingerprint density at radius 1 is 1.17 bits per heavy atom. The summed E-state index contributed by atoms with van der Waals surface area (Å²) in [5.74, 6) is 0. The van der Waals surface area contributed by atoms with E-state index in [0.29, 0.717) is 10.4 Å². The summed E-state index contributed by atoms with van der Waals surface area (Å²) in [4.78, 5) is 16.0. The van der Waals surface area contributed by atoms with Crippen LogP contribution in [0.5, 0.6) is 0 Å². The van der Waals surface area contributed by atoms with Crippen LogP contribution in [-0.4, -0.2) is 15.7 Å². The SMILES string of the molecule is N#Cc1sccc1-c1cccc(-c2cnc3cc(C=O)ccn23)c1. The van der Waals surface area contributed by atoms with Crippen LogP contribution in [0.1, 0.15) is 15.2 Å². The number of thiophene rings is 1. The molecule has 0 aliphatic carbocycles. The van der Waals surface area contributed by atoms with Gasteiger partial charge in [0, 0.05) is 22.9 Å². The van der Waals surface area contributed by atoms with E-state index in [1.165, 1.54) is 11.3 Å². The standard InChI is InChI=1S/C19H11N3OS/c20-10-18-16(5-7-24-18)14-2-1-3-15(9-14)17-11-21-19-8-13(12-23)4-6-22(17)19/h1-9,11-12H. The molecule has 0 aliphatic heterocycles. The molecule has 3 aromatic heterocycles. The van der Waals surface area contributed by atoms with Crippen LogP contribution < -0.4 is 0 Å². The van der Waals surface area contributed by atoms with E-state index in [-0.39, 0.29) is 0 Å². The number of pyridine rings is 1. The van der Waals surface area contributed by atoms with Crippen LogP contribution >= 0.6 is 11.3 Å². The van der Waals surface area contributed by atoms with Gasteiger partial charge in [0.2, 0.25) is 0 Å². The number of nitrogens with zero attached hydrogens (tertiary/aromatic N) is 3. The molecule has 4 nitrogen and oxygen atoms in total. The van der Waals surface area contributed by atoms with Gasteiger partial charge in [-0.05, 0) is 35.2 Å². The quantitative estimate of drug-likeness (QED) is 0.523. The minimum atomic E-state index is 0.602. The van der Waals surface area contributed by atoms with Crippen molar-refractivity contribution in [3.63, 3.8) is 0 Å². The van der Waals surface area contributed by atoms with Crippen molar-refractivity contribution in [3.05, 3.63) is 70.7 Å². The topological polar surface area (TPSA) is 58.2 Å². The van der Waals surface area contributed by atoms with Gasteiger partial charge in [-0.15, -0.1) is 11.3 Å². The van der Waals surface area contributed by atoms with Crippen LogP contribution in [0.2, 0.25) is 0 Å². The zero-order valence-electron chi connectivity index (χ0n) is 12.5. The molecule has 114 valence electrons. The van der Waals surface area contributed by atoms with E-state index in [1.807, 2.05) is 40.2 Å². The highest BCUT2D eigenvalue weighted by molar-refractivity contribution is 7.11. The minimum Gasteiger partial charge on any atom is -0.300 e. The monoisotopic (exact) mass is 329 g/mol. The summed E-state index contributed by atoms with van der Waals surface area (Å²) >= 11 is 1.44. The number of carbonyl (C=O) groups excluding carboxylic acids is 1. The molecule has 0 radical (unpaired) electrons. The molecule has 24 heavy (non-hydrogen) atoms. The first-order valence-corrected chi connectivity index (χ1v) is 8.19. The lowest BCUT2D eigenvalue weighted by Crippen LogP contribution is -1.90. The zero-order valence-corrected chi connectivity index (χ0v) is 13.3. The molecule has 0 N–H and O–H groups in total. The number of imidazole rings is 1. The van der Waals surface area contributed by atoms with Crippen molar-refractivity contribution in [1.82, 2.24) is 9.38 Å². The number of aromatic nitrogens is 2. The van der Waals surface area contributed by atoms with E-state index in [4.69, 9.17) is 0 Å². The fourth-order valence-electron chi connectivity index (χ4n) is 2.75. The molecule has 4 rings (SSSR count). The average molecular weight is 329 g/mol. The van der Waals surface area contributed by atoms with Gasteiger partial charge in [0.25, 0.3) is 0 Å². The molecule has 0 saturated heterocycles. The molecule has 0 aliphatic rings. The third-order valence-electron chi connectivity index (χ3n) is 3.91. The van der Waals surface area contributed by atoms with Crippen LogP contribution in [0.25, 0.3) is 28.0 Å². The fraction of sp³-hybridized carbons (Fsp3) is 0. The Morgan fingerprint density at radius 3 is 2.88 bits per heavy atom. The second-order valence-corrected chi connectivity index (χ2v) is 6.22. The highest BCUT2D eigenvalue weighted by Crippen LogP contribution is 2.31. The Bertz CT molecular complexity index is 1100. The van der Waals surface area contributed by atoms with Gasteiger partial charge in [0.15, 0.2) is 0 Å². The van der Waals surface area contributed by atoms with Crippen LogP contribution in [0.4, 0.5) is 0 Å². The van der Waals surface area contributed by atoms with Crippen molar-refractivity contribution < 1.29 is 4.79 Å². The number of aldehydes is 1. The summed E-state index contributed by atoms with van der Waals surface area (Å²) in [7, 11) is 0. The van der Waals surface area contributed by atoms with Gasteiger partial charge < -0.3 is 0 Å². The third kappa shape index (κ3) is 2.30. The van der Waals surface area contributed by atoms with Gasteiger partial charge in [0.05, 0.1) is 11.9 Å². The third-order valence-corrected chi connectivity index (χ3v) is 4.73. The molecule has 0 fully saturated rings. The van der Waals surface area contributed by atoms with Gasteiger partial charge >= 0.3 is 0 Å². The molecule has 5 heteroatoms. The summed E-state index contributed by atoms with van der Waals surface area (Å²) < 4.78 is 1.95. The molecule has 0 saturated carbocycles. The lowest BCUT2D eigenvalue weighted by Gasteiger charge is -2.05. The molecule has 4 aromatic rings. The van der Waals surface area contributed by atoms with Gasteiger partial charge in [-0.2, -0.15) is 5.26 Å². The largest absolute Gasteiger partial charge is 0.300 e. The summed E-state index contributed by atoms with van der Waals surface area (Å²) in [5.41, 5.74) is 5.23. The Hall–Kier alpha value is -3.23. The highest BCUT2D eigenvalue weighted by Gasteiger charge is 2.10. The maximum atomic E-state index is 10.9. The molecule has 0 unspecified atom stereocenters. The summed E-state index contributed by atoms with van der Waals surface area (Å²) in [6, 6.07) is 15.8. The average Bonchev–Trinajstić information content (AvgIpc) is 3.27. The minimum absolute atomic E-state index is 0.602. The van der Waals surface area contributed by atoms with E-state index < -0.39 is 0 Å². The molecular formula is C19H11N3OS. The van der Waals surface area contributed by atoms with Crippen molar-refractivity contribution in [1.29, 1.82) is 5.26 Å². The maximum absolute atomic E-state index is 10.9. The Kier molecular flexibility index (Phi) is 3.45. The smallest absolute Gasteiger partial charge is 0.150 e. The lowest BCUT2D eigenvalue weighted by molar-refractivity contribution is 0.112. The van der Waals surface area contributed by atoms with Gasteiger partial charge in [-0.1, -0.05) is 18.2 Å². The first-order chi connectivity index (χ1) is 11.8. The molecule has 3 heterocycles. The van der Waals surface area contributed by atoms with Gasteiger partial charge in [-0.25, -0.2) is 4.98 Å². The summed E-state index contributed by atoms with van der Waals surface area (Å²) in [5, 5.41) is 11.2. The molecule has 0 atom stereocenters. The van der Waals surface area contributed by atoms with Crippen LogP contribution in [0.3, 0.4) is 0 Å². The van der Waals surface area contributed by atoms with Crippen molar-refractivity contribution in [2.75, 3.05) is 0 Å². The maximum Gasteiger partial charge on any atom is 0.150 e. The molecule has 0 amide bonds. The molecular weight excluding hydrogens is 318 g/mol. The van der Waals surface area contributed by atoms with Crippen molar-refractivity contribution in [2.45, 2.75) is 0 Å². The van der Waals surface area contributed by atoms with Crippen LogP contribution in [-0.2, 0) is 0 Å². The predicted octanol–water partition coefficient (Wildman–Crippen LogP) is 4.41. The fourth-order valence-corrected chi connectivity index (χ4v) is 3.46. The molecule has 0 bridgehead atoms.